The Balaban J connectivity index is 0.00000264. The highest BCUT2D eigenvalue weighted by Crippen LogP contribution is 2.22. The topological polar surface area (TPSA) is 41.1 Å². The first kappa shape index (κ1) is 20.0. The van der Waals surface area contributed by atoms with Crippen molar-refractivity contribution in [3.05, 3.63) is 35.4 Å². The highest BCUT2D eigenvalue weighted by atomic mass is 35.5. The highest BCUT2D eigenvalue weighted by Gasteiger charge is 2.14. The van der Waals surface area contributed by atoms with Gasteiger partial charge >= 0.3 is 0 Å². The van der Waals surface area contributed by atoms with E-state index in [1.165, 1.54) is 24.0 Å². The Hall–Kier alpha value is -1.06. The summed E-state index contributed by atoms with van der Waals surface area (Å²) in [5.74, 6) is 0.772. The number of carbonyl (C=O) groups is 1. The number of hydrogen-bond donors (Lipinski definition) is 2. The van der Waals surface area contributed by atoms with E-state index in [4.69, 9.17) is 0 Å². The fourth-order valence-electron chi connectivity index (χ4n) is 2.87. The van der Waals surface area contributed by atoms with Crippen LogP contribution in [0.1, 0.15) is 51.2 Å². The van der Waals surface area contributed by atoms with Gasteiger partial charge in [0.05, 0.1) is 0 Å². The summed E-state index contributed by atoms with van der Waals surface area (Å²) in [6.07, 6.45) is 3.84. The van der Waals surface area contributed by atoms with Crippen LogP contribution in [0.25, 0.3) is 0 Å². The molecule has 23 heavy (non-hydrogen) atoms. The molecule has 1 aliphatic heterocycles. The molecule has 1 amide bonds. The third-order valence-corrected chi connectivity index (χ3v) is 4.45. The molecular formula is C19H31ClN2O. The number of halogens is 1. The van der Waals surface area contributed by atoms with Gasteiger partial charge < -0.3 is 10.6 Å². The summed E-state index contributed by atoms with van der Waals surface area (Å²) in [7, 11) is 0. The van der Waals surface area contributed by atoms with E-state index < -0.39 is 0 Å². The highest BCUT2D eigenvalue weighted by molar-refractivity contribution is 5.85. The van der Waals surface area contributed by atoms with Gasteiger partial charge in [-0.3, -0.25) is 4.79 Å². The van der Waals surface area contributed by atoms with E-state index in [9.17, 15) is 4.79 Å². The van der Waals surface area contributed by atoms with Crippen LogP contribution in [0.2, 0.25) is 0 Å². The third-order valence-electron chi connectivity index (χ3n) is 4.45. The minimum atomic E-state index is 0. The summed E-state index contributed by atoms with van der Waals surface area (Å²) >= 11 is 0. The van der Waals surface area contributed by atoms with Crippen molar-refractivity contribution in [2.24, 2.45) is 5.92 Å². The smallest absolute Gasteiger partial charge is 0.220 e. The van der Waals surface area contributed by atoms with Crippen LogP contribution in [0.5, 0.6) is 0 Å². The van der Waals surface area contributed by atoms with E-state index in [0.717, 1.165) is 26.1 Å². The molecule has 2 N–H and O–H groups in total. The Bertz CT molecular complexity index is 473. The molecule has 0 radical (unpaired) electrons. The molecule has 1 aliphatic rings. The van der Waals surface area contributed by atoms with Gasteiger partial charge in [-0.2, -0.15) is 0 Å². The SMILES string of the molecule is CC(C)(C)c1ccc(CCC(=O)NCC2CCCNC2)cc1.Cl. The standard InChI is InChI=1S/C19H30N2O.ClH/c1-19(2,3)17-9-6-15(7-10-17)8-11-18(22)21-14-16-5-4-12-20-13-16;/h6-7,9-10,16,20H,4-5,8,11-14H2,1-3H3,(H,21,22);1H. The van der Waals surface area contributed by atoms with Crippen molar-refractivity contribution in [3.8, 4) is 0 Å². The number of rotatable bonds is 5. The molecule has 130 valence electrons. The number of carbonyl (C=O) groups excluding carboxylic acids is 1. The van der Waals surface area contributed by atoms with E-state index >= 15 is 0 Å². The maximum absolute atomic E-state index is 12.0. The van der Waals surface area contributed by atoms with Crippen LogP contribution in [-0.4, -0.2) is 25.5 Å². The quantitative estimate of drug-likeness (QED) is 0.863. The molecule has 1 aromatic carbocycles. The van der Waals surface area contributed by atoms with Crippen molar-refractivity contribution in [3.63, 3.8) is 0 Å². The molecule has 1 aromatic rings. The van der Waals surface area contributed by atoms with Crippen LogP contribution in [0, 0.1) is 5.92 Å². The number of aryl methyl sites for hydroxylation is 1. The summed E-state index contributed by atoms with van der Waals surface area (Å²) in [6.45, 7) is 9.62. The monoisotopic (exact) mass is 338 g/mol. The Morgan fingerprint density at radius 2 is 1.96 bits per heavy atom. The fraction of sp³-hybridized carbons (Fsp3) is 0.632. The number of nitrogens with one attached hydrogen (secondary N) is 2. The van der Waals surface area contributed by atoms with Gasteiger partial charge in [-0.1, -0.05) is 45.0 Å². The van der Waals surface area contributed by atoms with Crippen LogP contribution in [0.15, 0.2) is 24.3 Å². The third kappa shape index (κ3) is 6.92. The zero-order valence-electron chi connectivity index (χ0n) is 14.7. The van der Waals surface area contributed by atoms with Gasteiger partial charge in [0.1, 0.15) is 0 Å². The van der Waals surface area contributed by atoms with Crippen LogP contribution in [-0.2, 0) is 16.6 Å². The predicted molar refractivity (Wildman–Crippen MR) is 99.3 cm³/mol. The molecule has 0 aromatic heterocycles. The van der Waals surface area contributed by atoms with Crippen molar-refractivity contribution in [2.45, 2.75) is 51.9 Å². The predicted octanol–water partition coefficient (Wildman–Crippen LogP) is 3.45. The maximum atomic E-state index is 12.0. The fourth-order valence-corrected chi connectivity index (χ4v) is 2.87. The summed E-state index contributed by atoms with van der Waals surface area (Å²) in [5.41, 5.74) is 2.76. The van der Waals surface area contributed by atoms with Gasteiger partial charge in [-0.15, -0.1) is 12.4 Å². The summed E-state index contributed by atoms with van der Waals surface area (Å²) in [4.78, 5) is 12.0. The molecule has 1 fully saturated rings. The summed E-state index contributed by atoms with van der Waals surface area (Å²) < 4.78 is 0. The lowest BCUT2D eigenvalue weighted by molar-refractivity contribution is -0.121. The molecule has 1 saturated heterocycles. The average Bonchev–Trinajstić information content (AvgIpc) is 2.51. The molecule has 2 rings (SSSR count). The number of hydrogen-bond acceptors (Lipinski definition) is 2. The van der Waals surface area contributed by atoms with Crippen molar-refractivity contribution in [1.29, 1.82) is 0 Å². The van der Waals surface area contributed by atoms with Crippen LogP contribution in [0.3, 0.4) is 0 Å². The normalized spacial score (nSPS) is 18.1. The zero-order valence-corrected chi connectivity index (χ0v) is 15.5. The Morgan fingerprint density at radius 1 is 1.26 bits per heavy atom. The Morgan fingerprint density at radius 3 is 2.52 bits per heavy atom. The lowest BCUT2D eigenvalue weighted by Crippen LogP contribution is -2.38. The van der Waals surface area contributed by atoms with Crippen molar-refractivity contribution >= 4 is 18.3 Å². The second-order valence-electron chi connectivity index (χ2n) is 7.46. The lowest BCUT2D eigenvalue weighted by atomic mass is 9.86. The van der Waals surface area contributed by atoms with Gasteiger partial charge in [0.25, 0.3) is 0 Å². The Labute approximate surface area is 147 Å². The minimum absolute atomic E-state index is 0. The van der Waals surface area contributed by atoms with Gasteiger partial charge in [0, 0.05) is 13.0 Å². The second-order valence-corrected chi connectivity index (χ2v) is 7.46. The molecule has 0 spiro atoms. The summed E-state index contributed by atoms with van der Waals surface area (Å²) in [5, 5.41) is 6.46. The first-order chi connectivity index (χ1) is 10.4. The minimum Gasteiger partial charge on any atom is -0.356 e. The molecule has 1 unspecified atom stereocenters. The molecule has 0 saturated carbocycles. The largest absolute Gasteiger partial charge is 0.356 e. The molecule has 3 nitrogen and oxygen atoms in total. The van der Waals surface area contributed by atoms with Crippen molar-refractivity contribution < 1.29 is 4.79 Å². The molecular weight excluding hydrogens is 308 g/mol. The van der Waals surface area contributed by atoms with Crippen LogP contribution < -0.4 is 10.6 Å². The molecule has 0 bridgehead atoms. The van der Waals surface area contributed by atoms with Gasteiger partial charge in [0.2, 0.25) is 5.91 Å². The zero-order chi connectivity index (χ0) is 16.0. The van der Waals surface area contributed by atoms with E-state index in [2.05, 4.69) is 55.7 Å². The van der Waals surface area contributed by atoms with E-state index in [1.54, 1.807) is 0 Å². The molecule has 1 atom stereocenters. The van der Waals surface area contributed by atoms with Gasteiger partial charge in [0.15, 0.2) is 0 Å². The maximum Gasteiger partial charge on any atom is 0.220 e. The molecule has 0 aliphatic carbocycles. The second kappa shape index (κ2) is 9.29. The van der Waals surface area contributed by atoms with Crippen LogP contribution >= 0.6 is 12.4 Å². The van der Waals surface area contributed by atoms with Crippen LogP contribution in [0.4, 0.5) is 0 Å². The first-order valence-electron chi connectivity index (χ1n) is 8.52. The van der Waals surface area contributed by atoms with Gasteiger partial charge in [-0.25, -0.2) is 0 Å². The van der Waals surface area contributed by atoms with E-state index in [-0.39, 0.29) is 23.7 Å². The van der Waals surface area contributed by atoms with Gasteiger partial charge in [-0.05, 0) is 54.8 Å². The summed E-state index contributed by atoms with van der Waals surface area (Å²) in [6, 6.07) is 8.67. The van der Waals surface area contributed by atoms with E-state index in [1.807, 2.05) is 0 Å². The average molecular weight is 339 g/mol. The van der Waals surface area contributed by atoms with Crippen molar-refractivity contribution in [1.82, 2.24) is 10.6 Å². The lowest BCUT2D eigenvalue weighted by Gasteiger charge is -2.22. The molecule has 4 heteroatoms. The number of amides is 1. The molecule has 1 heterocycles. The number of benzene rings is 1. The van der Waals surface area contributed by atoms with E-state index in [0.29, 0.717) is 12.3 Å². The first-order valence-corrected chi connectivity index (χ1v) is 8.52. The van der Waals surface area contributed by atoms with Crippen molar-refractivity contribution in [2.75, 3.05) is 19.6 Å². The Kier molecular flexibility index (Phi) is 8.07. The number of piperidine rings is 1.